The second-order valence-electron chi connectivity index (χ2n) is 5.25. The lowest BCUT2D eigenvalue weighted by atomic mass is 10.1. The van der Waals surface area contributed by atoms with Crippen molar-refractivity contribution in [2.45, 2.75) is 6.92 Å². The molecule has 0 bridgehead atoms. The number of hydrogen-bond donors (Lipinski definition) is 2. The Morgan fingerprint density at radius 1 is 1.00 bits per heavy atom. The minimum atomic E-state index is -0.332. The Labute approximate surface area is 153 Å². The first kappa shape index (κ1) is 17.1. The van der Waals surface area contributed by atoms with E-state index in [4.69, 9.17) is 11.6 Å². The summed E-state index contributed by atoms with van der Waals surface area (Å²) < 4.78 is 0. The van der Waals surface area contributed by atoms with Crippen molar-refractivity contribution in [3.8, 4) is 0 Å². The van der Waals surface area contributed by atoms with Crippen LogP contribution in [-0.4, -0.2) is 16.8 Å². The number of benzene rings is 2. The lowest BCUT2D eigenvalue weighted by molar-refractivity contribution is 0.102. The maximum absolute atomic E-state index is 12.5. The van der Waals surface area contributed by atoms with Crippen LogP contribution in [0.5, 0.6) is 0 Å². The molecule has 126 valence electrons. The third-order valence-corrected chi connectivity index (χ3v) is 4.49. The molecule has 2 N–H and O–H groups in total. The summed E-state index contributed by atoms with van der Waals surface area (Å²) in [5, 5.41) is 8.42. The first-order valence-electron chi connectivity index (χ1n) is 7.42. The molecular formula is C18H14ClN3O2S. The molecule has 0 fully saturated rings. The van der Waals surface area contributed by atoms with Crippen LogP contribution in [0.1, 0.15) is 26.4 Å². The van der Waals surface area contributed by atoms with Crippen molar-refractivity contribution in [1.29, 1.82) is 0 Å². The van der Waals surface area contributed by atoms with E-state index in [0.717, 1.165) is 5.69 Å². The third kappa shape index (κ3) is 4.23. The van der Waals surface area contributed by atoms with Gasteiger partial charge in [0.15, 0.2) is 5.13 Å². The summed E-state index contributed by atoms with van der Waals surface area (Å²) in [4.78, 5) is 29.1. The molecule has 3 aromatic rings. The van der Waals surface area contributed by atoms with Crippen molar-refractivity contribution >= 4 is 45.6 Å². The van der Waals surface area contributed by atoms with Crippen molar-refractivity contribution in [3.05, 3.63) is 75.8 Å². The molecule has 0 spiro atoms. The molecule has 2 amide bonds. The van der Waals surface area contributed by atoms with Crippen LogP contribution < -0.4 is 10.6 Å². The van der Waals surface area contributed by atoms with E-state index in [9.17, 15) is 9.59 Å². The van der Waals surface area contributed by atoms with Crippen molar-refractivity contribution in [1.82, 2.24) is 4.98 Å². The van der Waals surface area contributed by atoms with Gasteiger partial charge in [-0.3, -0.25) is 14.9 Å². The highest BCUT2D eigenvalue weighted by Gasteiger charge is 2.15. The van der Waals surface area contributed by atoms with Gasteiger partial charge < -0.3 is 5.32 Å². The smallest absolute Gasteiger partial charge is 0.259 e. The second kappa shape index (κ2) is 7.46. The zero-order valence-electron chi connectivity index (χ0n) is 13.2. The molecule has 3 rings (SSSR count). The number of carbonyl (C=O) groups is 2. The number of aryl methyl sites for hydroxylation is 1. The summed E-state index contributed by atoms with van der Waals surface area (Å²) in [6.45, 7) is 1.85. The van der Waals surface area contributed by atoms with Crippen LogP contribution in [0.15, 0.2) is 53.9 Å². The van der Waals surface area contributed by atoms with Gasteiger partial charge in [-0.05, 0) is 43.3 Å². The Balaban J connectivity index is 1.79. The molecule has 0 radical (unpaired) electrons. The molecule has 5 nitrogen and oxygen atoms in total. The van der Waals surface area contributed by atoms with Gasteiger partial charge >= 0.3 is 0 Å². The third-order valence-electron chi connectivity index (χ3n) is 3.37. The van der Waals surface area contributed by atoms with E-state index in [2.05, 4.69) is 15.6 Å². The van der Waals surface area contributed by atoms with E-state index < -0.39 is 0 Å². The lowest BCUT2D eigenvalue weighted by Gasteiger charge is -2.10. The van der Waals surface area contributed by atoms with Gasteiger partial charge in [0, 0.05) is 16.0 Å². The first-order valence-corrected chi connectivity index (χ1v) is 8.68. The van der Waals surface area contributed by atoms with E-state index in [0.29, 0.717) is 27.0 Å². The molecule has 25 heavy (non-hydrogen) atoms. The van der Waals surface area contributed by atoms with Gasteiger partial charge in [-0.15, -0.1) is 11.3 Å². The van der Waals surface area contributed by atoms with Crippen LogP contribution in [0.4, 0.5) is 10.8 Å². The number of rotatable bonds is 4. The molecule has 0 aliphatic rings. The summed E-state index contributed by atoms with van der Waals surface area (Å²) >= 11 is 7.18. The SMILES string of the molecule is Cc1csc(NC(=O)c2ccccc2NC(=O)c2ccc(Cl)cc2)n1. The average Bonchev–Trinajstić information content (AvgIpc) is 3.00. The van der Waals surface area contributed by atoms with Gasteiger partial charge in [0.2, 0.25) is 0 Å². The van der Waals surface area contributed by atoms with Crippen LogP contribution in [0.25, 0.3) is 0 Å². The van der Waals surface area contributed by atoms with Gasteiger partial charge in [0.05, 0.1) is 16.9 Å². The van der Waals surface area contributed by atoms with Gasteiger partial charge in [0.1, 0.15) is 0 Å². The number of amides is 2. The molecule has 0 aliphatic carbocycles. The molecule has 1 heterocycles. The zero-order chi connectivity index (χ0) is 17.8. The predicted molar refractivity (Wildman–Crippen MR) is 101 cm³/mol. The minimum Gasteiger partial charge on any atom is -0.321 e. The highest BCUT2D eigenvalue weighted by molar-refractivity contribution is 7.13. The highest BCUT2D eigenvalue weighted by atomic mass is 35.5. The van der Waals surface area contributed by atoms with Crippen LogP contribution in [0.2, 0.25) is 5.02 Å². The topological polar surface area (TPSA) is 71.1 Å². The number of hydrogen-bond acceptors (Lipinski definition) is 4. The Kier molecular flexibility index (Phi) is 5.11. The summed E-state index contributed by atoms with van der Waals surface area (Å²) in [5.74, 6) is -0.650. The molecule has 2 aromatic carbocycles. The van der Waals surface area contributed by atoms with Crippen molar-refractivity contribution in [2.75, 3.05) is 10.6 Å². The van der Waals surface area contributed by atoms with Crippen molar-refractivity contribution in [2.24, 2.45) is 0 Å². The number of carbonyl (C=O) groups excluding carboxylic acids is 2. The molecule has 0 unspecified atom stereocenters. The summed E-state index contributed by atoms with van der Waals surface area (Å²) in [7, 11) is 0. The summed E-state index contributed by atoms with van der Waals surface area (Å²) in [6, 6.07) is 13.3. The fourth-order valence-electron chi connectivity index (χ4n) is 2.16. The number of nitrogens with one attached hydrogen (secondary N) is 2. The Hall–Kier alpha value is -2.70. The fraction of sp³-hybridized carbons (Fsp3) is 0.0556. The molecule has 7 heteroatoms. The second-order valence-corrected chi connectivity index (χ2v) is 6.55. The Morgan fingerprint density at radius 3 is 2.40 bits per heavy atom. The van der Waals surface area contributed by atoms with Crippen LogP contribution >= 0.6 is 22.9 Å². The Morgan fingerprint density at radius 2 is 1.72 bits per heavy atom. The highest BCUT2D eigenvalue weighted by Crippen LogP contribution is 2.20. The van der Waals surface area contributed by atoms with Crippen LogP contribution in [0, 0.1) is 6.92 Å². The molecule has 0 aliphatic heterocycles. The summed E-state index contributed by atoms with van der Waals surface area (Å²) in [5.41, 5.74) is 2.07. The largest absolute Gasteiger partial charge is 0.321 e. The van der Waals surface area contributed by atoms with E-state index in [1.54, 1.807) is 48.5 Å². The van der Waals surface area contributed by atoms with Gasteiger partial charge in [0.25, 0.3) is 11.8 Å². The Bertz CT molecular complexity index is 922. The number of nitrogens with zero attached hydrogens (tertiary/aromatic N) is 1. The molecular weight excluding hydrogens is 358 g/mol. The van der Waals surface area contributed by atoms with Gasteiger partial charge in [-0.1, -0.05) is 23.7 Å². The molecule has 0 saturated carbocycles. The van der Waals surface area contributed by atoms with Crippen molar-refractivity contribution < 1.29 is 9.59 Å². The molecule has 0 atom stereocenters. The standard InChI is InChI=1S/C18H14ClN3O2S/c1-11-10-25-18(20-11)22-17(24)14-4-2-3-5-15(14)21-16(23)12-6-8-13(19)9-7-12/h2-10H,1H3,(H,21,23)(H,20,22,24). The maximum Gasteiger partial charge on any atom is 0.259 e. The van der Waals surface area contributed by atoms with E-state index in [-0.39, 0.29) is 11.8 Å². The number of anilines is 2. The first-order chi connectivity index (χ1) is 12.0. The summed E-state index contributed by atoms with van der Waals surface area (Å²) in [6.07, 6.45) is 0. The van der Waals surface area contributed by atoms with E-state index in [1.165, 1.54) is 11.3 Å². The van der Waals surface area contributed by atoms with E-state index >= 15 is 0 Å². The average molecular weight is 372 g/mol. The quantitative estimate of drug-likeness (QED) is 0.703. The maximum atomic E-state index is 12.5. The number of para-hydroxylation sites is 1. The fourth-order valence-corrected chi connectivity index (χ4v) is 2.97. The molecule has 1 aromatic heterocycles. The van der Waals surface area contributed by atoms with E-state index in [1.807, 2.05) is 12.3 Å². The van der Waals surface area contributed by atoms with Crippen LogP contribution in [-0.2, 0) is 0 Å². The van der Waals surface area contributed by atoms with Gasteiger partial charge in [-0.2, -0.15) is 0 Å². The zero-order valence-corrected chi connectivity index (χ0v) is 14.8. The van der Waals surface area contributed by atoms with Gasteiger partial charge in [-0.25, -0.2) is 4.98 Å². The lowest BCUT2D eigenvalue weighted by Crippen LogP contribution is -2.18. The normalized spacial score (nSPS) is 10.3. The predicted octanol–water partition coefficient (Wildman–Crippen LogP) is 4.61. The molecule has 0 saturated heterocycles. The van der Waals surface area contributed by atoms with Crippen molar-refractivity contribution in [3.63, 3.8) is 0 Å². The number of thiazole rings is 1. The number of aromatic nitrogens is 1. The number of halogens is 1. The minimum absolute atomic E-state index is 0.318. The monoisotopic (exact) mass is 371 g/mol. The van der Waals surface area contributed by atoms with Crippen LogP contribution in [0.3, 0.4) is 0 Å².